The Hall–Kier alpha value is -0.960. The van der Waals surface area contributed by atoms with Crippen LogP contribution in [0.1, 0.15) is 38.2 Å². The van der Waals surface area contributed by atoms with Crippen LogP contribution in [0.2, 0.25) is 0 Å². The Morgan fingerprint density at radius 1 is 1.14 bits per heavy atom. The number of carbonyl (C=O) groups excluding carboxylic acids is 1. The average Bonchev–Trinajstić information content (AvgIpc) is 2.55. The monoisotopic (exact) mass is 326 g/mol. The van der Waals surface area contributed by atoms with Crippen LogP contribution < -0.4 is 0 Å². The van der Waals surface area contributed by atoms with E-state index in [0.29, 0.717) is 0 Å². The molecule has 1 aromatic rings. The summed E-state index contributed by atoms with van der Waals surface area (Å²) in [6.07, 6.45) is 4.36. The van der Waals surface area contributed by atoms with Crippen molar-refractivity contribution in [3.63, 3.8) is 0 Å². The van der Waals surface area contributed by atoms with Gasteiger partial charge in [-0.25, -0.2) is 0 Å². The van der Waals surface area contributed by atoms with Gasteiger partial charge in [0.1, 0.15) is 11.9 Å². The minimum absolute atomic E-state index is 0.0172. The van der Waals surface area contributed by atoms with Gasteiger partial charge in [0, 0.05) is 20.1 Å². The van der Waals surface area contributed by atoms with Gasteiger partial charge in [-0.2, -0.15) is 0 Å². The van der Waals surface area contributed by atoms with Crippen molar-refractivity contribution in [2.45, 2.75) is 39.0 Å². The molecule has 0 heterocycles. The van der Waals surface area contributed by atoms with Gasteiger partial charge in [0.05, 0.1) is 0 Å². The Balaban J connectivity index is 2.66. The third kappa shape index (κ3) is 6.43. The second-order valence-corrected chi connectivity index (χ2v) is 7.73. The molecule has 1 atom stereocenters. The first-order valence-corrected chi connectivity index (χ1v) is 9.54. The van der Waals surface area contributed by atoms with Crippen LogP contribution in [-0.4, -0.2) is 26.2 Å². The van der Waals surface area contributed by atoms with Gasteiger partial charge in [-0.1, -0.05) is 50.1 Å². The molecule has 4 nitrogen and oxygen atoms in total. The van der Waals surface area contributed by atoms with Gasteiger partial charge in [0.25, 0.3) is 0 Å². The Morgan fingerprint density at radius 3 is 2.32 bits per heavy atom. The molecule has 5 heteroatoms. The molecule has 1 unspecified atom stereocenters. The molecule has 0 radical (unpaired) electrons. The summed E-state index contributed by atoms with van der Waals surface area (Å²) in [5.41, 5.74) is 1.22. The maximum absolute atomic E-state index is 12.5. The van der Waals surface area contributed by atoms with E-state index >= 15 is 0 Å². The van der Waals surface area contributed by atoms with Crippen molar-refractivity contribution in [2.75, 3.05) is 20.4 Å². The molecule has 0 fully saturated rings. The minimum atomic E-state index is -3.27. The third-order valence-corrected chi connectivity index (χ3v) is 5.70. The predicted molar refractivity (Wildman–Crippen MR) is 89.3 cm³/mol. The molecule has 1 aromatic carbocycles. The second-order valence-electron chi connectivity index (χ2n) is 5.46. The zero-order valence-electron chi connectivity index (χ0n) is 13.8. The molecule has 0 aromatic heterocycles. The fraction of sp³-hybridized carbons (Fsp3) is 0.588. The molecule has 0 aliphatic rings. The van der Waals surface area contributed by atoms with Crippen molar-refractivity contribution in [1.29, 1.82) is 0 Å². The number of hydrogen-bond donors (Lipinski definition) is 0. The lowest BCUT2D eigenvalue weighted by Gasteiger charge is -2.19. The van der Waals surface area contributed by atoms with Crippen LogP contribution in [0.3, 0.4) is 0 Å². The van der Waals surface area contributed by atoms with E-state index in [-0.39, 0.29) is 17.9 Å². The second kappa shape index (κ2) is 9.94. The molecule has 124 valence electrons. The topological polar surface area (TPSA) is 52.6 Å². The number of Topliss-reactive ketones (excluding diaryl/α,β-unsaturated/α-hetero) is 1. The fourth-order valence-electron chi connectivity index (χ4n) is 2.43. The predicted octanol–water partition coefficient (Wildman–Crippen LogP) is 4.48. The van der Waals surface area contributed by atoms with Crippen molar-refractivity contribution in [2.24, 2.45) is 5.92 Å². The van der Waals surface area contributed by atoms with Crippen LogP contribution in [0.15, 0.2) is 30.3 Å². The third-order valence-electron chi connectivity index (χ3n) is 3.89. The zero-order chi connectivity index (χ0) is 16.4. The Bertz CT molecular complexity index is 479. The average molecular weight is 326 g/mol. The highest BCUT2D eigenvalue weighted by atomic mass is 31.2. The van der Waals surface area contributed by atoms with Crippen LogP contribution in [0.25, 0.3) is 0 Å². The zero-order valence-corrected chi connectivity index (χ0v) is 14.7. The minimum Gasteiger partial charge on any atom is -0.312 e. The smallest absolute Gasteiger partial charge is 0.312 e. The number of ketones is 1. The molecule has 0 saturated heterocycles. The van der Waals surface area contributed by atoms with Crippen LogP contribution >= 0.6 is 7.60 Å². The van der Waals surface area contributed by atoms with Gasteiger partial charge in [-0.3, -0.25) is 9.36 Å². The van der Waals surface area contributed by atoms with E-state index in [9.17, 15) is 9.36 Å². The highest BCUT2D eigenvalue weighted by Gasteiger charge is 2.29. The quantitative estimate of drug-likeness (QED) is 0.563. The molecule has 0 aliphatic carbocycles. The van der Waals surface area contributed by atoms with Crippen molar-refractivity contribution in [3.05, 3.63) is 35.9 Å². The molecule has 0 saturated carbocycles. The maximum atomic E-state index is 12.5. The number of rotatable bonds is 11. The lowest BCUT2D eigenvalue weighted by molar-refractivity contribution is -0.121. The van der Waals surface area contributed by atoms with Gasteiger partial charge in [-0.05, 0) is 24.8 Å². The fourth-order valence-corrected chi connectivity index (χ4v) is 3.47. The van der Waals surface area contributed by atoms with Gasteiger partial charge in [0.15, 0.2) is 0 Å². The molecule has 0 spiro atoms. The van der Waals surface area contributed by atoms with E-state index < -0.39 is 7.60 Å². The Labute approximate surface area is 133 Å². The van der Waals surface area contributed by atoms with Crippen molar-refractivity contribution >= 4 is 13.4 Å². The van der Waals surface area contributed by atoms with Crippen molar-refractivity contribution in [1.82, 2.24) is 0 Å². The lowest BCUT2D eigenvalue weighted by Crippen LogP contribution is -2.20. The molecule has 0 amide bonds. The van der Waals surface area contributed by atoms with E-state index in [1.54, 1.807) is 0 Å². The summed E-state index contributed by atoms with van der Waals surface area (Å²) < 4.78 is 21.9. The first-order chi connectivity index (χ1) is 10.5. The van der Waals surface area contributed by atoms with Gasteiger partial charge >= 0.3 is 7.60 Å². The summed E-state index contributed by atoms with van der Waals surface area (Å²) in [5.74, 6) is -0.102. The largest absolute Gasteiger partial charge is 0.337 e. The lowest BCUT2D eigenvalue weighted by atomic mass is 9.91. The number of aryl methyl sites for hydroxylation is 1. The van der Waals surface area contributed by atoms with Crippen LogP contribution in [-0.2, 0) is 24.8 Å². The van der Waals surface area contributed by atoms with E-state index in [4.69, 9.17) is 9.05 Å². The summed E-state index contributed by atoms with van der Waals surface area (Å²) in [6, 6.07) is 10.1. The van der Waals surface area contributed by atoms with Gasteiger partial charge < -0.3 is 9.05 Å². The summed E-state index contributed by atoms with van der Waals surface area (Å²) in [4.78, 5) is 12.5. The number of carbonyl (C=O) groups is 1. The number of hydrogen-bond acceptors (Lipinski definition) is 4. The Kier molecular flexibility index (Phi) is 8.62. The highest BCUT2D eigenvalue weighted by molar-refractivity contribution is 7.54. The molecular weight excluding hydrogens is 299 g/mol. The number of benzene rings is 1. The van der Waals surface area contributed by atoms with Crippen molar-refractivity contribution < 1.29 is 18.4 Å². The van der Waals surface area contributed by atoms with Crippen molar-refractivity contribution in [3.8, 4) is 0 Å². The molecule has 22 heavy (non-hydrogen) atoms. The van der Waals surface area contributed by atoms with Crippen LogP contribution in [0.5, 0.6) is 0 Å². The summed E-state index contributed by atoms with van der Waals surface area (Å²) in [7, 11) is -0.624. The van der Waals surface area contributed by atoms with Crippen LogP contribution in [0, 0.1) is 5.92 Å². The van der Waals surface area contributed by atoms with E-state index in [2.05, 4.69) is 19.1 Å². The molecular formula is C17H27O4P. The van der Waals surface area contributed by atoms with Crippen LogP contribution in [0.4, 0.5) is 0 Å². The van der Waals surface area contributed by atoms with Gasteiger partial charge in [0.2, 0.25) is 0 Å². The summed E-state index contributed by atoms with van der Waals surface area (Å²) >= 11 is 0. The summed E-state index contributed by atoms with van der Waals surface area (Å²) in [5, 5.41) is 0. The molecule has 1 rings (SSSR count). The normalized spacial score (nSPS) is 13.0. The SMILES string of the molecule is CCCCC(CCc1ccccc1)C(=O)CP(=O)(OC)OC. The first-order valence-electron chi connectivity index (χ1n) is 7.81. The molecule has 0 aliphatic heterocycles. The first kappa shape index (κ1) is 19.1. The summed E-state index contributed by atoms with van der Waals surface area (Å²) in [6.45, 7) is 2.11. The van der Waals surface area contributed by atoms with Gasteiger partial charge in [-0.15, -0.1) is 0 Å². The van der Waals surface area contributed by atoms with E-state index in [0.717, 1.165) is 32.1 Å². The molecule has 0 bridgehead atoms. The standard InChI is InChI=1S/C17H27O4P/c1-4-5-11-16(13-12-15-9-7-6-8-10-15)17(18)14-22(19,20-2)21-3/h6-10,16H,4-5,11-14H2,1-3H3. The highest BCUT2D eigenvalue weighted by Crippen LogP contribution is 2.46. The van der Waals surface area contributed by atoms with E-state index in [1.807, 2.05) is 18.2 Å². The Morgan fingerprint density at radius 2 is 1.77 bits per heavy atom. The molecule has 0 N–H and O–H groups in total. The number of unbranched alkanes of at least 4 members (excludes halogenated alkanes) is 1. The van der Waals surface area contributed by atoms with E-state index in [1.165, 1.54) is 19.8 Å². The maximum Gasteiger partial charge on any atom is 0.337 e.